The lowest BCUT2D eigenvalue weighted by molar-refractivity contribution is 0.397. The van der Waals surface area contributed by atoms with Crippen molar-refractivity contribution in [1.29, 1.82) is 0 Å². The third-order valence-electron chi connectivity index (χ3n) is 6.02. The SMILES string of the molecule is COc1ccc(N=Cc2c(OC)cc(OC)c3c(-c4ccccc4)c(-c4ccccc4)[nH]c23)cc1. The molecule has 4 aromatic carbocycles. The molecule has 0 aliphatic rings. The number of benzene rings is 4. The van der Waals surface area contributed by atoms with Gasteiger partial charge >= 0.3 is 0 Å². The zero-order chi connectivity index (χ0) is 24.2. The molecule has 0 saturated heterocycles. The van der Waals surface area contributed by atoms with Crippen LogP contribution in [0.15, 0.2) is 96.0 Å². The van der Waals surface area contributed by atoms with Crippen LogP contribution >= 0.6 is 0 Å². The minimum absolute atomic E-state index is 0.673. The average molecular weight is 463 g/mol. The van der Waals surface area contributed by atoms with Gasteiger partial charge in [-0.3, -0.25) is 4.99 Å². The van der Waals surface area contributed by atoms with Crippen molar-refractivity contribution in [2.75, 3.05) is 21.3 Å². The first-order valence-corrected chi connectivity index (χ1v) is 11.3. The van der Waals surface area contributed by atoms with Gasteiger partial charge in [-0.1, -0.05) is 60.7 Å². The second-order valence-electron chi connectivity index (χ2n) is 8.01. The van der Waals surface area contributed by atoms with Gasteiger partial charge < -0.3 is 19.2 Å². The van der Waals surface area contributed by atoms with E-state index in [1.54, 1.807) is 21.3 Å². The van der Waals surface area contributed by atoms with Gasteiger partial charge in [-0.15, -0.1) is 0 Å². The molecule has 0 aliphatic heterocycles. The Balaban J connectivity index is 1.79. The van der Waals surface area contributed by atoms with Gasteiger partial charge in [0.1, 0.15) is 17.2 Å². The van der Waals surface area contributed by atoms with Crippen molar-refractivity contribution in [1.82, 2.24) is 4.98 Å². The molecular formula is C30H26N2O3. The highest BCUT2D eigenvalue weighted by molar-refractivity contribution is 6.13. The van der Waals surface area contributed by atoms with E-state index < -0.39 is 0 Å². The molecule has 174 valence electrons. The number of ether oxygens (including phenoxy) is 3. The molecule has 0 unspecified atom stereocenters. The Morgan fingerprint density at radius 1 is 0.686 bits per heavy atom. The van der Waals surface area contributed by atoms with Gasteiger partial charge in [0.15, 0.2) is 0 Å². The van der Waals surface area contributed by atoms with Crippen molar-refractivity contribution in [2.24, 2.45) is 4.99 Å². The van der Waals surface area contributed by atoms with E-state index in [0.717, 1.165) is 56.0 Å². The van der Waals surface area contributed by atoms with Crippen LogP contribution in [-0.2, 0) is 0 Å². The van der Waals surface area contributed by atoms with Crippen LogP contribution < -0.4 is 14.2 Å². The molecule has 5 rings (SSSR count). The number of nitrogens with one attached hydrogen (secondary N) is 1. The number of fused-ring (bicyclic) bond motifs is 1. The van der Waals surface area contributed by atoms with Gasteiger partial charge in [-0.25, -0.2) is 0 Å². The lowest BCUT2D eigenvalue weighted by atomic mass is 9.97. The van der Waals surface area contributed by atoms with Crippen LogP contribution in [0.3, 0.4) is 0 Å². The van der Waals surface area contributed by atoms with Crippen molar-refractivity contribution >= 4 is 22.8 Å². The lowest BCUT2D eigenvalue weighted by Crippen LogP contribution is -1.95. The van der Waals surface area contributed by atoms with Crippen molar-refractivity contribution in [2.45, 2.75) is 0 Å². The molecular weight excluding hydrogens is 436 g/mol. The minimum atomic E-state index is 0.673. The van der Waals surface area contributed by atoms with Gasteiger partial charge in [-0.05, 0) is 35.4 Å². The number of aliphatic imine (C=N–C) groups is 1. The normalized spacial score (nSPS) is 11.2. The maximum absolute atomic E-state index is 5.87. The Morgan fingerprint density at radius 3 is 1.91 bits per heavy atom. The van der Waals surface area contributed by atoms with E-state index >= 15 is 0 Å². The van der Waals surface area contributed by atoms with Crippen LogP contribution in [0.4, 0.5) is 5.69 Å². The fourth-order valence-electron chi connectivity index (χ4n) is 4.32. The number of aromatic nitrogens is 1. The molecule has 0 bridgehead atoms. The highest BCUT2D eigenvalue weighted by Crippen LogP contribution is 2.45. The molecule has 1 aromatic heterocycles. The number of methoxy groups -OCH3 is 3. The molecule has 1 N–H and O–H groups in total. The molecule has 0 fully saturated rings. The average Bonchev–Trinajstić information content (AvgIpc) is 3.33. The number of hydrogen-bond acceptors (Lipinski definition) is 4. The number of H-pyrrole nitrogens is 1. The Bertz CT molecular complexity index is 1470. The number of rotatable bonds is 7. The molecule has 0 atom stereocenters. The van der Waals surface area contributed by atoms with E-state index in [0.29, 0.717) is 5.75 Å². The van der Waals surface area contributed by atoms with E-state index in [9.17, 15) is 0 Å². The van der Waals surface area contributed by atoms with Crippen LogP contribution in [0, 0.1) is 0 Å². The van der Waals surface area contributed by atoms with Gasteiger partial charge in [0.05, 0.1) is 49.2 Å². The van der Waals surface area contributed by atoms with E-state index in [1.165, 1.54) is 0 Å². The molecule has 0 amide bonds. The largest absolute Gasteiger partial charge is 0.497 e. The molecule has 0 spiro atoms. The predicted octanol–water partition coefficient (Wildman–Crippen LogP) is 7.28. The lowest BCUT2D eigenvalue weighted by Gasteiger charge is -2.12. The fourth-order valence-corrected chi connectivity index (χ4v) is 4.32. The summed E-state index contributed by atoms with van der Waals surface area (Å²) in [5, 5.41) is 0.981. The first kappa shape index (κ1) is 22.3. The molecule has 0 radical (unpaired) electrons. The van der Waals surface area contributed by atoms with Crippen LogP contribution in [0.5, 0.6) is 17.2 Å². The number of nitrogens with zero attached hydrogens (tertiary/aromatic N) is 1. The summed E-state index contributed by atoms with van der Waals surface area (Å²) in [7, 11) is 4.99. The van der Waals surface area contributed by atoms with E-state index in [-0.39, 0.29) is 0 Å². The predicted molar refractivity (Wildman–Crippen MR) is 143 cm³/mol. The van der Waals surface area contributed by atoms with Gasteiger partial charge in [0, 0.05) is 17.8 Å². The van der Waals surface area contributed by atoms with Gasteiger partial charge in [-0.2, -0.15) is 0 Å². The summed E-state index contributed by atoms with van der Waals surface area (Å²) >= 11 is 0. The summed E-state index contributed by atoms with van der Waals surface area (Å²) in [5.74, 6) is 2.19. The smallest absolute Gasteiger partial charge is 0.133 e. The van der Waals surface area contributed by atoms with Gasteiger partial charge in [0.2, 0.25) is 0 Å². The standard InChI is InChI=1S/C30H26N2O3/c1-33-23-16-14-22(15-17-23)31-19-24-25(34-2)18-26(35-3)28-27(20-10-6-4-7-11-20)29(32-30(24)28)21-12-8-5-9-13-21/h4-19,32H,1-3H3. The Morgan fingerprint density at radius 2 is 1.31 bits per heavy atom. The summed E-state index contributed by atoms with van der Waals surface area (Å²) in [5.41, 5.74) is 6.83. The molecule has 5 nitrogen and oxygen atoms in total. The van der Waals surface area contributed by atoms with Crippen LogP contribution in [0.2, 0.25) is 0 Å². The minimum Gasteiger partial charge on any atom is -0.497 e. The topological polar surface area (TPSA) is 55.8 Å². The number of aromatic amines is 1. The van der Waals surface area contributed by atoms with Crippen LogP contribution in [0.25, 0.3) is 33.3 Å². The first-order valence-electron chi connectivity index (χ1n) is 11.3. The van der Waals surface area contributed by atoms with Gasteiger partial charge in [0.25, 0.3) is 0 Å². The van der Waals surface area contributed by atoms with Crippen molar-refractivity contribution in [3.8, 4) is 39.6 Å². The molecule has 0 saturated carbocycles. The Kier molecular flexibility index (Phi) is 6.22. The summed E-state index contributed by atoms with van der Waals surface area (Å²) in [4.78, 5) is 8.41. The zero-order valence-corrected chi connectivity index (χ0v) is 19.9. The molecule has 1 heterocycles. The van der Waals surface area contributed by atoms with E-state index in [4.69, 9.17) is 19.2 Å². The second-order valence-corrected chi connectivity index (χ2v) is 8.01. The number of hydrogen-bond donors (Lipinski definition) is 1. The monoisotopic (exact) mass is 462 g/mol. The molecule has 5 heteroatoms. The fraction of sp³-hybridized carbons (Fsp3) is 0.100. The zero-order valence-electron chi connectivity index (χ0n) is 19.9. The maximum Gasteiger partial charge on any atom is 0.133 e. The van der Waals surface area contributed by atoms with Crippen molar-refractivity contribution < 1.29 is 14.2 Å². The van der Waals surface area contributed by atoms with E-state index in [1.807, 2.05) is 72.9 Å². The third kappa shape index (κ3) is 4.24. The highest BCUT2D eigenvalue weighted by atomic mass is 16.5. The van der Waals surface area contributed by atoms with Crippen LogP contribution in [-0.4, -0.2) is 32.5 Å². The third-order valence-corrected chi connectivity index (χ3v) is 6.02. The first-order chi connectivity index (χ1) is 17.2. The Labute approximate surface area is 204 Å². The Hall–Kier alpha value is -4.51. The van der Waals surface area contributed by atoms with E-state index in [2.05, 4.69) is 29.2 Å². The quantitative estimate of drug-likeness (QED) is 0.259. The van der Waals surface area contributed by atoms with Crippen LogP contribution in [0.1, 0.15) is 5.56 Å². The molecule has 35 heavy (non-hydrogen) atoms. The van der Waals surface area contributed by atoms with Crippen molar-refractivity contribution in [3.63, 3.8) is 0 Å². The summed E-state index contributed by atoms with van der Waals surface area (Å²) in [6, 6.07) is 30.2. The van der Waals surface area contributed by atoms with Crippen molar-refractivity contribution in [3.05, 3.63) is 96.6 Å². The summed E-state index contributed by atoms with van der Waals surface area (Å²) < 4.78 is 16.9. The second kappa shape index (κ2) is 9.77. The highest BCUT2D eigenvalue weighted by Gasteiger charge is 2.23. The molecule has 0 aliphatic carbocycles. The summed E-state index contributed by atoms with van der Waals surface area (Å²) in [6.45, 7) is 0. The maximum atomic E-state index is 5.87. The molecule has 5 aromatic rings. The summed E-state index contributed by atoms with van der Waals surface area (Å²) in [6.07, 6.45) is 1.84.